The van der Waals surface area contributed by atoms with Crippen LogP contribution < -0.4 is 5.32 Å². The number of aromatic nitrogens is 1. The van der Waals surface area contributed by atoms with Crippen LogP contribution in [0.15, 0.2) is 36.4 Å². The lowest BCUT2D eigenvalue weighted by atomic mass is 10.2. The Kier molecular flexibility index (Phi) is 4.36. The van der Waals surface area contributed by atoms with Gasteiger partial charge in [-0.25, -0.2) is 4.98 Å². The maximum Gasteiger partial charge on any atom is 0.0951 e. The number of thiophene rings is 1. The van der Waals surface area contributed by atoms with Gasteiger partial charge in [-0.1, -0.05) is 23.7 Å². The maximum atomic E-state index is 5.96. The summed E-state index contributed by atoms with van der Waals surface area (Å²) in [5.74, 6) is 0. The zero-order chi connectivity index (χ0) is 13.9. The minimum absolute atomic E-state index is 0.335. The predicted molar refractivity (Wildman–Crippen MR) is 89.1 cm³/mol. The molecule has 1 N–H and O–H groups in total. The van der Waals surface area contributed by atoms with Crippen molar-refractivity contribution in [1.29, 1.82) is 0 Å². The molecule has 0 aliphatic rings. The highest BCUT2D eigenvalue weighted by molar-refractivity contribution is 7.18. The van der Waals surface area contributed by atoms with Crippen molar-refractivity contribution in [2.45, 2.75) is 19.4 Å². The Hall–Kier alpha value is -0.940. The van der Waals surface area contributed by atoms with E-state index in [0.717, 1.165) is 22.8 Å². The Balaban J connectivity index is 1.57. The molecule has 3 aromatic rings. The van der Waals surface area contributed by atoms with Crippen molar-refractivity contribution in [3.8, 4) is 0 Å². The Bertz CT molecular complexity index is 672. The molecule has 2 aromatic heterocycles. The Morgan fingerprint density at radius 2 is 2.05 bits per heavy atom. The van der Waals surface area contributed by atoms with Crippen LogP contribution in [0.5, 0.6) is 0 Å². The first-order valence-electron chi connectivity index (χ1n) is 6.55. The van der Waals surface area contributed by atoms with Gasteiger partial charge in [-0.2, -0.15) is 0 Å². The van der Waals surface area contributed by atoms with Gasteiger partial charge in [0, 0.05) is 23.9 Å². The Morgan fingerprint density at radius 3 is 2.80 bits per heavy atom. The van der Waals surface area contributed by atoms with E-state index < -0.39 is 0 Å². The van der Waals surface area contributed by atoms with Gasteiger partial charge in [0.2, 0.25) is 0 Å². The van der Waals surface area contributed by atoms with Gasteiger partial charge < -0.3 is 5.32 Å². The zero-order valence-corrected chi connectivity index (χ0v) is 13.5. The number of fused-ring (bicyclic) bond motifs is 1. The summed E-state index contributed by atoms with van der Waals surface area (Å²) in [6.45, 7) is 3.09. The fourth-order valence-corrected chi connectivity index (χ4v) is 4.14. The molecule has 0 saturated heterocycles. The molecule has 0 aliphatic heterocycles. The number of nitrogens with zero attached hydrogens (tertiary/aromatic N) is 1. The van der Waals surface area contributed by atoms with E-state index in [9.17, 15) is 0 Å². The van der Waals surface area contributed by atoms with E-state index in [1.54, 1.807) is 22.7 Å². The second-order valence-corrected chi connectivity index (χ2v) is 7.50. The van der Waals surface area contributed by atoms with Crippen LogP contribution in [0.1, 0.15) is 22.9 Å². The summed E-state index contributed by atoms with van der Waals surface area (Å²) in [5.41, 5.74) is 1.10. The third-order valence-electron chi connectivity index (χ3n) is 3.15. The second kappa shape index (κ2) is 6.22. The van der Waals surface area contributed by atoms with Crippen LogP contribution in [0.2, 0.25) is 4.34 Å². The molecule has 20 heavy (non-hydrogen) atoms. The zero-order valence-electron chi connectivity index (χ0n) is 11.1. The fraction of sp³-hybridized carbons (Fsp3) is 0.267. The van der Waals surface area contributed by atoms with Crippen molar-refractivity contribution in [2.75, 3.05) is 6.54 Å². The first kappa shape index (κ1) is 14.0. The van der Waals surface area contributed by atoms with Crippen LogP contribution in [-0.2, 0) is 6.42 Å². The molecule has 0 spiro atoms. The smallest absolute Gasteiger partial charge is 0.0951 e. The normalized spacial score (nSPS) is 12.9. The summed E-state index contributed by atoms with van der Waals surface area (Å²) in [4.78, 5) is 5.92. The van der Waals surface area contributed by atoms with Crippen LogP contribution in [0.4, 0.5) is 0 Å². The van der Waals surface area contributed by atoms with Crippen molar-refractivity contribution in [3.05, 3.63) is 50.6 Å². The Labute approximate surface area is 131 Å². The molecular formula is C15H15ClN2S2. The minimum Gasteiger partial charge on any atom is -0.309 e. The van der Waals surface area contributed by atoms with E-state index >= 15 is 0 Å². The van der Waals surface area contributed by atoms with Gasteiger partial charge in [0.05, 0.1) is 19.6 Å². The average molecular weight is 323 g/mol. The van der Waals surface area contributed by atoms with Crippen LogP contribution >= 0.6 is 34.3 Å². The maximum absolute atomic E-state index is 5.96. The van der Waals surface area contributed by atoms with E-state index in [-0.39, 0.29) is 0 Å². The standard InChI is InChI=1S/C15H15ClN2S2/c1-10(12-6-7-14(16)19-12)17-9-8-15-18-11-4-2-3-5-13(11)20-15/h2-7,10,17H,8-9H2,1H3. The summed E-state index contributed by atoms with van der Waals surface area (Å²) >= 11 is 9.38. The van der Waals surface area contributed by atoms with Crippen molar-refractivity contribution >= 4 is 44.5 Å². The quantitative estimate of drug-likeness (QED) is 0.722. The summed E-state index contributed by atoms with van der Waals surface area (Å²) in [6, 6.07) is 12.7. The molecule has 0 aliphatic carbocycles. The molecule has 5 heteroatoms. The van der Waals surface area contributed by atoms with Gasteiger partial charge in [-0.3, -0.25) is 0 Å². The van der Waals surface area contributed by atoms with Crippen LogP contribution in [0, 0.1) is 0 Å². The molecular weight excluding hydrogens is 308 g/mol. The van der Waals surface area contributed by atoms with Crippen molar-refractivity contribution in [2.24, 2.45) is 0 Å². The molecule has 1 unspecified atom stereocenters. The number of thiazole rings is 1. The average Bonchev–Trinajstić information content (AvgIpc) is 3.04. The molecule has 1 atom stereocenters. The van der Waals surface area contributed by atoms with E-state index in [2.05, 4.69) is 41.5 Å². The molecule has 2 nitrogen and oxygen atoms in total. The number of benzene rings is 1. The predicted octanol–water partition coefficient (Wildman–Crippen LogP) is 4.90. The van der Waals surface area contributed by atoms with Crippen LogP contribution in [0.3, 0.4) is 0 Å². The number of hydrogen-bond acceptors (Lipinski definition) is 4. The van der Waals surface area contributed by atoms with Crippen molar-refractivity contribution in [3.63, 3.8) is 0 Å². The number of para-hydroxylation sites is 1. The molecule has 0 bridgehead atoms. The lowest BCUT2D eigenvalue weighted by Crippen LogP contribution is -2.20. The van der Waals surface area contributed by atoms with Gasteiger partial charge in [0.25, 0.3) is 0 Å². The monoisotopic (exact) mass is 322 g/mol. The SMILES string of the molecule is CC(NCCc1nc2ccccc2s1)c1ccc(Cl)s1. The number of hydrogen-bond donors (Lipinski definition) is 1. The van der Waals surface area contributed by atoms with Gasteiger partial charge in [0.1, 0.15) is 0 Å². The summed E-state index contributed by atoms with van der Waals surface area (Å²) in [5, 5.41) is 4.71. The Morgan fingerprint density at radius 1 is 1.20 bits per heavy atom. The van der Waals surface area contributed by atoms with E-state index in [1.165, 1.54) is 14.6 Å². The van der Waals surface area contributed by atoms with Gasteiger partial charge in [0.15, 0.2) is 0 Å². The summed E-state index contributed by atoms with van der Waals surface area (Å²) in [7, 11) is 0. The highest BCUT2D eigenvalue weighted by Gasteiger charge is 2.08. The highest BCUT2D eigenvalue weighted by atomic mass is 35.5. The third-order valence-corrected chi connectivity index (χ3v) is 5.66. The molecule has 0 saturated carbocycles. The van der Waals surface area contributed by atoms with Gasteiger partial charge >= 0.3 is 0 Å². The largest absolute Gasteiger partial charge is 0.309 e. The third kappa shape index (κ3) is 3.20. The van der Waals surface area contributed by atoms with Crippen LogP contribution in [0.25, 0.3) is 10.2 Å². The molecule has 0 fully saturated rings. The fourth-order valence-electron chi connectivity index (χ4n) is 2.08. The molecule has 3 rings (SSSR count). The number of halogens is 1. The first-order valence-corrected chi connectivity index (χ1v) is 8.56. The second-order valence-electron chi connectivity index (χ2n) is 4.64. The highest BCUT2D eigenvalue weighted by Crippen LogP contribution is 2.26. The number of rotatable bonds is 5. The van der Waals surface area contributed by atoms with Crippen molar-refractivity contribution in [1.82, 2.24) is 10.3 Å². The molecule has 1 aromatic carbocycles. The summed E-state index contributed by atoms with van der Waals surface area (Å²) in [6.07, 6.45) is 0.961. The minimum atomic E-state index is 0.335. The lowest BCUT2D eigenvalue weighted by Gasteiger charge is -2.10. The lowest BCUT2D eigenvalue weighted by molar-refractivity contribution is 0.584. The molecule has 0 radical (unpaired) electrons. The van der Waals surface area contributed by atoms with E-state index in [1.807, 2.05) is 12.1 Å². The topological polar surface area (TPSA) is 24.9 Å². The van der Waals surface area contributed by atoms with Gasteiger partial charge in [-0.15, -0.1) is 22.7 Å². The first-order chi connectivity index (χ1) is 9.72. The molecule has 2 heterocycles. The molecule has 104 valence electrons. The van der Waals surface area contributed by atoms with E-state index in [0.29, 0.717) is 6.04 Å². The van der Waals surface area contributed by atoms with Crippen LogP contribution in [-0.4, -0.2) is 11.5 Å². The molecule has 0 amide bonds. The summed E-state index contributed by atoms with van der Waals surface area (Å²) < 4.78 is 2.11. The van der Waals surface area contributed by atoms with E-state index in [4.69, 9.17) is 11.6 Å². The number of nitrogens with one attached hydrogen (secondary N) is 1. The van der Waals surface area contributed by atoms with Crippen molar-refractivity contribution < 1.29 is 0 Å². The van der Waals surface area contributed by atoms with Gasteiger partial charge in [-0.05, 0) is 31.2 Å².